The first-order valence-corrected chi connectivity index (χ1v) is 9.04. The number of aryl methyl sites for hydroxylation is 1. The van der Waals surface area contributed by atoms with E-state index < -0.39 is 0 Å². The van der Waals surface area contributed by atoms with Gasteiger partial charge >= 0.3 is 0 Å². The normalized spacial score (nSPS) is 13.5. The van der Waals surface area contributed by atoms with E-state index in [-0.39, 0.29) is 24.9 Å². The fraction of sp³-hybridized carbons (Fsp3) is 0.238. The minimum Gasteiger partial charge on any atom is -0.484 e. The number of hydrogen-bond acceptors (Lipinski definition) is 4. The number of aromatic nitrogens is 2. The van der Waals surface area contributed by atoms with Gasteiger partial charge in [-0.05, 0) is 53.1 Å². The van der Waals surface area contributed by atoms with Gasteiger partial charge in [0.25, 0.3) is 5.91 Å². The van der Waals surface area contributed by atoms with Gasteiger partial charge in [0.2, 0.25) is 0 Å². The van der Waals surface area contributed by atoms with Gasteiger partial charge in [0.15, 0.2) is 12.4 Å². The van der Waals surface area contributed by atoms with Crippen LogP contribution in [0.25, 0.3) is 16.3 Å². The first-order valence-electron chi connectivity index (χ1n) is 9.04. The smallest absolute Gasteiger partial charge is 0.263 e. The van der Waals surface area contributed by atoms with Crippen molar-refractivity contribution >= 4 is 40.5 Å². The first kappa shape index (κ1) is 19.9. The molecule has 7 heteroatoms. The Hall–Kier alpha value is -2.83. The van der Waals surface area contributed by atoms with E-state index in [0.29, 0.717) is 11.6 Å². The van der Waals surface area contributed by atoms with E-state index in [4.69, 9.17) is 4.74 Å². The van der Waals surface area contributed by atoms with Crippen molar-refractivity contribution in [2.75, 3.05) is 25.0 Å². The Balaban J connectivity index is 0.00000225. The molecular formula is C21H23ClN4O2. The van der Waals surface area contributed by atoms with Crippen molar-refractivity contribution in [2.24, 2.45) is 7.05 Å². The molecule has 28 heavy (non-hydrogen) atoms. The van der Waals surface area contributed by atoms with Crippen LogP contribution in [-0.4, -0.2) is 35.4 Å². The van der Waals surface area contributed by atoms with Gasteiger partial charge in [-0.15, -0.1) is 12.4 Å². The van der Waals surface area contributed by atoms with Crippen LogP contribution in [0.5, 0.6) is 5.75 Å². The van der Waals surface area contributed by atoms with E-state index in [1.807, 2.05) is 18.2 Å². The molecule has 0 saturated carbocycles. The fourth-order valence-corrected chi connectivity index (χ4v) is 3.21. The van der Waals surface area contributed by atoms with Gasteiger partial charge in [-0.25, -0.2) is 0 Å². The highest BCUT2D eigenvalue weighted by Gasteiger charge is 2.08. The lowest BCUT2D eigenvalue weighted by atomic mass is 9.97. The minimum atomic E-state index is -0.234. The Morgan fingerprint density at radius 3 is 2.79 bits per heavy atom. The molecule has 6 nitrogen and oxygen atoms in total. The lowest BCUT2D eigenvalue weighted by molar-refractivity contribution is -0.118. The summed E-state index contributed by atoms with van der Waals surface area (Å²) in [5.74, 6) is 0.957. The van der Waals surface area contributed by atoms with Crippen molar-refractivity contribution in [3.05, 3.63) is 60.3 Å². The molecule has 0 saturated heterocycles. The molecule has 1 aliphatic heterocycles. The second kappa shape index (κ2) is 8.91. The van der Waals surface area contributed by atoms with Crippen molar-refractivity contribution in [3.8, 4) is 5.75 Å². The Morgan fingerprint density at radius 2 is 2.04 bits per heavy atom. The molecule has 2 heterocycles. The third kappa shape index (κ3) is 4.71. The van der Waals surface area contributed by atoms with E-state index in [9.17, 15) is 4.79 Å². The van der Waals surface area contributed by atoms with Crippen molar-refractivity contribution in [1.29, 1.82) is 0 Å². The largest absolute Gasteiger partial charge is 0.484 e. The van der Waals surface area contributed by atoms with E-state index in [1.165, 1.54) is 11.1 Å². The van der Waals surface area contributed by atoms with Crippen LogP contribution in [0, 0.1) is 0 Å². The summed E-state index contributed by atoms with van der Waals surface area (Å²) in [5, 5.41) is 12.4. The highest BCUT2D eigenvalue weighted by atomic mass is 35.5. The summed E-state index contributed by atoms with van der Waals surface area (Å²) in [4.78, 5) is 12.0. The predicted molar refractivity (Wildman–Crippen MR) is 114 cm³/mol. The van der Waals surface area contributed by atoms with E-state index in [2.05, 4.69) is 40.0 Å². The van der Waals surface area contributed by atoms with Crippen molar-refractivity contribution in [3.63, 3.8) is 0 Å². The number of rotatable bonds is 5. The van der Waals surface area contributed by atoms with Crippen molar-refractivity contribution < 1.29 is 9.53 Å². The highest BCUT2D eigenvalue weighted by Crippen LogP contribution is 2.26. The number of fused-ring (bicyclic) bond motifs is 1. The predicted octanol–water partition coefficient (Wildman–Crippen LogP) is 3.39. The van der Waals surface area contributed by atoms with Crippen LogP contribution in [0.2, 0.25) is 0 Å². The van der Waals surface area contributed by atoms with E-state index in [0.717, 1.165) is 30.3 Å². The Kier molecular flexibility index (Phi) is 6.34. The van der Waals surface area contributed by atoms with Crippen molar-refractivity contribution in [2.45, 2.75) is 6.42 Å². The number of hydrogen-bond donors (Lipinski definition) is 2. The van der Waals surface area contributed by atoms with Gasteiger partial charge in [-0.3, -0.25) is 9.48 Å². The number of ether oxygens (including phenoxy) is 1. The molecule has 0 aliphatic carbocycles. The molecule has 2 N–H and O–H groups in total. The van der Waals surface area contributed by atoms with Crippen LogP contribution in [0.3, 0.4) is 0 Å². The summed E-state index contributed by atoms with van der Waals surface area (Å²) in [6.07, 6.45) is 5.08. The Labute approximate surface area is 170 Å². The summed E-state index contributed by atoms with van der Waals surface area (Å²) >= 11 is 0. The number of nitrogens with zero attached hydrogens (tertiary/aromatic N) is 2. The fourth-order valence-electron chi connectivity index (χ4n) is 3.21. The third-order valence-corrected chi connectivity index (χ3v) is 4.60. The molecule has 1 aliphatic rings. The van der Waals surface area contributed by atoms with Crippen LogP contribution >= 0.6 is 12.4 Å². The molecule has 0 atom stereocenters. The maximum Gasteiger partial charge on any atom is 0.263 e. The summed E-state index contributed by atoms with van der Waals surface area (Å²) in [6.45, 7) is 1.90. The molecule has 2 aromatic carbocycles. The molecule has 146 valence electrons. The topological polar surface area (TPSA) is 68.2 Å². The van der Waals surface area contributed by atoms with Gasteiger partial charge in [0, 0.05) is 25.9 Å². The molecule has 0 bridgehead atoms. The number of nitrogens with one attached hydrogen (secondary N) is 2. The molecule has 0 radical (unpaired) electrons. The van der Waals surface area contributed by atoms with E-state index in [1.54, 1.807) is 24.0 Å². The number of halogens is 1. The van der Waals surface area contributed by atoms with E-state index >= 15 is 0 Å². The molecule has 1 amide bonds. The van der Waals surface area contributed by atoms with Crippen LogP contribution in [0.1, 0.15) is 12.0 Å². The SMILES string of the molecule is Cl.Cn1ccc(NC(=O)COc2ccc3cc(C4=CCNCC4)ccc3c2)n1. The second-order valence-electron chi connectivity index (χ2n) is 6.62. The maximum absolute atomic E-state index is 12.0. The molecular weight excluding hydrogens is 376 g/mol. The highest BCUT2D eigenvalue weighted by molar-refractivity contribution is 5.91. The molecule has 0 fully saturated rings. The summed E-state index contributed by atoms with van der Waals surface area (Å²) in [6, 6.07) is 14.1. The minimum absolute atomic E-state index is 0. The quantitative estimate of drug-likeness (QED) is 0.691. The summed E-state index contributed by atoms with van der Waals surface area (Å²) in [7, 11) is 1.80. The maximum atomic E-state index is 12.0. The summed E-state index contributed by atoms with van der Waals surface area (Å²) < 4.78 is 7.27. The molecule has 1 aromatic heterocycles. The third-order valence-electron chi connectivity index (χ3n) is 4.60. The van der Waals surface area contributed by atoms with Gasteiger partial charge in [0.1, 0.15) is 5.75 Å². The van der Waals surface area contributed by atoms with Crippen LogP contribution in [0.15, 0.2) is 54.7 Å². The van der Waals surface area contributed by atoms with Gasteiger partial charge in [-0.2, -0.15) is 5.10 Å². The number of anilines is 1. The second-order valence-corrected chi connectivity index (χ2v) is 6.62. The van der Waals surface area contributed by atoms with Crippen molar-refractivity contribution in [1.82, 2.24) is 15.1 Å². The summed E-state index contributed by atoms with van der Waals surface area (Å²) in [5.41, 5.74) is 2.66. The number of amides is 1. The lowest BCUT2D eigenvalue weighted by Gasteiger charge is -2.15. The van der Waals surface area contributed by atoms with Crippen LogP contribution in [0.4, 0.5) is 5.82 Å². The molecule has 4 rings (SSSR count). The monoisotopic (exact) mass is 398 g/mol. The zero-order valence-corrected chi connectivity index (χ0v) is 16.5. The molecule has 0 spiro atoms. The standard InChI is InChI=1S/C21H22N4O2.ClH/c1-25-11-8-20(24-25)23-21(26)14-27-19-5-4-17-12-16(2-3-18(17)13-19)15-6-9-22-10-7-15;/h2-6,8,11-13,22H,7,9-10,14H2,1H3,(H,23,24,26);1H. The Bertz CT molecular complexity index is 1010. The molecule has 0 unspecified atom stereocenters. The van der Waals surface area contributed by atoms with Gasteiger partial charge in [-0.1, -0.05) is 24.3 Å². The number of benzene rings is 2. The van der Waals surface area contributed by atoms with Gasteiger partial charge in [0.05, 0.1) is 0 Å². The number of carbonyl (C=O) groups excluding carboxylic acids is 1. The lowest BCUT2D eigenvalue weighted by Crippen LogP contribution is -2.20. The average Bonchev–Trinajstić information content (AvgIpc) is 3.11. The molecule has 3 aromatic rings. The van der Waals surface area contributed by atoms with Crippen LogP contribution in [-0.2, 0) is 11.8 Å². The number of carbonyl (C=O) groups is 1. The zero-order chi connectivity index (χ0) is 18.6. The Morgan fingerprint density at radius 1 is 1.21 bits per heavy atom. The van der Waals surface area contributed by atoms with Gasteiger partial charge < -0.3 is 15.4 Å². The first-order chi connectivity index (χ1) is 13.2. The van der Waals surface area contributed by atoms with Crippen LogP contribution < -0.4 is 15.4 Å². The zero-order valence-electron chi connectivity index (χ0n) is 15.6. The average molecular weight is 399 g/mol.